The number of nitrogens with zero attached hydrogens (tertiary/aromatic N) is 1. The van der Waals surface area contributed by atoms with Crippen LogP contribution in [0.1, 0.15) is 27.2 Å². The second kappa shape index (κ2) is 9.49. The van der Waals surface area contributed by atoms with Gasteiger partial charge >= 0.3 is 5.91 Å². The minimum atomic E-state index is -0.430. The maximum Gasteiger partial charge on any atom is 0.307 e. The van der Waals surface area contributed by atoms with Crippen LogP contribution in [0.2, 0.25) is 0 Å². The molecule has 0 atom stereocenters. The van der Waals surface area contributed by atoms with E-state index in [9.17, 15) is 4.79 Å². The number of hydrazone groups is 1. The number of ether oxygens (including phenoxy) is 1. The summed E-state index contributed by atoms with van der Waals surface area (Å²) in [6, 6.07) is 21.0. The Kier molecular flexibility index (Phi) is 6.53. The van der Waals surface area contributed by atoms with Crippen LogP contribution in [-0.2, 0) is 6.61 Å². The molecule has 156 valence electrons. The summed E-state index contributed by atoms with van der Waals surface area (Å²) in [7, 11) is 0. The van der Waals surface area contributed by atoms with Crippen molar-refractivity contribution in [2.45, 2.75) is 13.5 Å². The second-order valence-electron chi connectivity index (χ2n) is 6.95. The molecule has 1 heterocycles. The Bertz CT molecular complexity index is 1280. The van der Waals surface area contributed by atoms with Crippen molar-refractivity contribution in [2.24, 2.45) is 5.10 Å². The minimum absolute atomic E-state index is 0.190. The van der Waals surface area contributed by atoms with E-state index in [4.69, 9.17) is 9.15 Å². The SMILES string of the molecule is Cc1cccc(COc2ccc(Br)cc2/C=N/NC(=O)c2cc3cc(Br)ccc3o2)c1. The molecule has 4 aromatic rings. The third-order valence-electron chi connectivity index (χ3n) is 4.52. The third-order valence-corrected chi connectivity index (χ3v) is 5.51. The Hall–Kier alpha value is -2.90. The summed E-state index contributed by atoms with van der Waals surface area (Å²) < 4.78 is 13.4. The van der Waals surface area contributed by atoms with Crippen LogP contribution in [-0.4, -0.2) is 12.1 Å². The van der Waals surface area contributed by atoms with Crippen LogP contribution in [0.4, 0.5) is 0 Å². The molecule has 0 aliphatic rings. The van der Waals surface area contributed by atoms with Gasteiger partial charge < -0.3 is 9.15 Å². The van der Waals surface area contributed by atoms with Crippen molar-refractivity contribution in [3.8, 4) is 5.75 Å². The largest absolute Gasteiger partial charge is 0.488 e. The average Bonchev–Trinajstić information content (AvgIpc) is 3.16. The first-order valence-electron chi connectivity index (χ1n) is 9.48. The van der Waals surface area contributed by atoms with Crippen LogP contribution in [0.3, 0.4) is 0 Å². The van der Waals surface area contributed by atoms with Gasteiger partial charge in [-0.3, -0.25) is 4.79 Å². The summed E-state index contributed by atoms with van der Waals surface area (Å²) in [5, 5.41) is 4.92. The summed E-state index contributed by atoms with van der Waals surface area (Å²) in [6.45, 7) is 2.48. The third kappa shape index (κ3) is 5.42. The average molecular weight is 542 g/mol. The highest BCUT2D eigenvalue weighted by Crippen LogP contribution is 2.24. The van der Waals surface area contributed by atoms with E-state index in [1.807, 2.05) is 55.5 Å². The molecule has 0 aliphatic carbocycles. The lowest BCUT2D eigenvalue weighted by molar-refractivity contribution is 0.0929. The van der Waals surface area contributed by atoms with Crippen LogP contribution in [0.25, 0.3) is 11.0 Å². The number of carbonyl (C=O) groups excluding carboxylic acids is 1. The van der Waals surface area contributed by atoms with Crippen LogP contribution >= 0.6 is 31.9 Å². The predicted molar refractivity (Wildman–Crippen MR) is 129 cm³/mol. The maximum atomic E-state index is 12.4. The van der Waals surface area contributed by atoms with E-state index in [0.717, 1.165) is 25.5 Å². The minimum Gasteiger partial charge on any atom is -0.488 e. The molecule has 0 radical (unpaired) electrons. The Morgan fingerprint density at radius 3 is 2.71 bits per heavy atom. The maximum absolute atomic E-state index is 12.4. The van der Waals surface area contributed by atoms with E-state index in [2.05, 4.69) is 48.5 Å². The molecule has 0 saturated heterocycles. The summed E-state index contributed by atoms with van der Waals surface area (Å²) in [4.78, 5) is 12.4. The number of carbonyl (C=O) groups is 1. The van der Waals surface area contributed by atoms with E-state index in [-0.39, 0.29) is 5.76 Å². The lowest BCUT2D eigenvalue weighted by Crippen LogP contribution is -2.16. The van der Waals surface area contributed by atoms with E-state index in [0.29, 0.717) is 17.9 Å². The molecule has 31 heavy (non-hydrogen) atoms. The smallest absolute Gasteiger partial charge is 0.307 e. The van der Waals surface area contributed by atoms with Crippen molar-refractivity contribution in [1.29, 1.82) is 0 Å². The van der Waals surface area contributed by atoms with Crippen molar-refractivity contribution in [3.05, 3.63) is 98.1 Å². The van der Waals surface area contributed by atoms with Crippen molar-refractivity contribution in [1.82, 2.24) is 5.43 Å². The van der Waals surface area contributed by atoms with Gasteiger partial charge in [-0.25, -0.2) is 5.43 Å². The first-order chi connectivity index (χ1) is 15.0. The molecule has 0 saturated carbocycles. The molecule has 7 heteroatoms. The summed E-state index contributed by atoms with van der Waals surface area (Å²) in [5.41, 5.74) is 6.13. The topological polar surface area (TPSA) is 63.8 Å². The standard InChI is InChI=1S/C24H18Br2N2O3/c1-15-3-2-4-16(9-15)14-30-21-7-5-20(26)11-18(21)13-27-28-24(29)23-12-17-10-19(25)6-8-22(17)31-23/h2-13H,14H2,1H3,(H,28,29)/b27-13+. The number of nitrogens with one attached hydrogen (secondary N) is 1. The number of hydrogen-bond donors (Lipinski definition) is 1. The molecule has 1 N–H and O–H groups in total. The van der Waals surface area contributed by atoms with Crippen LogP contribution in [0, 0.1) is 6.92 Å². The molecule has 1 amide bonds. The highest BCUT2D eigenvalue weighted by Gasteiger charge is 2.12. The van der Waals surface area contributed by atoms with Gasteiger partial charge in [0.05, 0.1) is 6.21 Å². The molecule has 4 rings (SSSR count). The molecule has 0 aliphatic heterocycles. The van der Waals surface area contributed by atoms with Crippen molar-refractivity contribution < 1.29 is 13.9 Å². The molecule has 0 fully saturated rings. The molecule has 3 aromatic carbocycles. The Morgan fingerprint density at radius 2 is 1.87 bits per heavy atom. The fraction of sp³-hybridized carbons (Fsp3) is 0.0833. The van der Waals surface area contributed by atoms with Gasteiger partial charge in [-0.2, -0.15) is 5.10 Å². The summed E-state index contributed by atoms with van der Waals surface area (Å²) >= 11 is 6.87. The van der Waals surface area contributed by atoms with Gasteiger partial charge in [0.1, 0.15) is 17.9 Å². The Labute approximate surface area is 196 Å². The predicted octanol–water partition coefficient (Wildman–Crippen LogP) is 6.61. The quantitative estimate of drug-likeness (QED) is 0.221. The van der Waals surface area contributed by atoms with Gasteiger partial charge in [0, 0.05) is 19.9 Å². The molecular formula is C24H18Br2N2O3. The number of aryl methyl sites for hydroxylation is 1. The van der Waals surface area contributed by atoms with Crippen LogP contribution in [0.15, 0.2) is 85.2 Å². The van der Waals surface area contributed by atoms with Gasteiger partial charge in [0.2, 0.25) is 0 Å². The molecule has 1 aromatic heterocycles. The lowest BCUT2D eigenvalue weighted by atomic mass is 10.1. The normalized spacial score (nSPS) is 11.2. The highest BCUT2D eigenvalue weighted by atomic mass is 79.9. The second-order valence-corrected chi connectivity index (χ2v) is 8.78. The number of halogens is 2. The van der Waals surface area contributed by atoms with Gasteiger partial charge in [-0.05, 0) is 55.0 Å². The zero-order valence-corrected chi connectivity index (χ0v) is 19.7. The zero-order chi connectivity index (χ0) is 21.8. The van der Waals surface area contributed by atoms with E-state index in [1.165, 1.54) is 5.56 Å². The Morgan fingerprint density at radius 1 is 1.06 bits per heavy atom. The van der Waals surface area contributed by atoms with Crippen molar-refractivity contribution in [2.75, 3.05) is 0 Å². The molecular weight excluding hydrogens is 524 g/mol. The number of benzene rings is 3. The van der Waals surface area contributed by atoms with E-state index < -0.39 is 5.91 Å². The Balaban J connectivity index is 1.46. The molecule has 0 unspecified atom stereocenters. The molecule has 0 bridgehead atoms. The van der Waals surface area contributed by atoms with Gasteiger partial charge in [-0.15, -0.1) is 0 Å². The first-order valence-corrected chi connectivity index (χ1v) is 11.1. The first kappa shape index (κ1) is 21.3. The highest BCUT2D eigenvalue weighted by molar-refractivity contribution is 9.10. The fourth-order valence-electron chi connectivity index (χ4n) is 3.06. The fourth-order valence-corrected chi connectivity index (χ4v) is 3.81. The van der Waals surface area contributed by atoms with Gasteiger partial charge in [0.25, 0.3) is 0 Å². The van der Waals surface area contributed by atoms with Crippen LogP contribution < -0.4 is 10.2 Å². The van der Waals surface area contributed by atoms with Gasteiger partial charge in [0.15, 0.2) is 5.76 Å². The summed E-state index contributed by atoms with van der Waals surface area (Å²) in [5.74, 6) is 0.424. The van der Waals surface area contributed by atoms with Crippen molar-refractivity contribution >= 4 is 55.0 Å². The number of hydrogen-bond acceptors (Lipinski definition) is 4. The molecule has 0 spiro atoms. The van der Waals surface area contributed by atoms with E-state index in [1.54, 1.807) is 18.3 Å². The molecule has 5 nitrogen and oxygen atoms in total. The number of amides is 1. The zero-order valence-electron chi connectivity index (χ0n) is 16.6. The monoisotopic (exact) mass is 540 g/mol. The van der Waals surface area contributed by atoms with Crippen LogP contribution in [0.5, 0.6) is 5.75 Å². The number of rotatable bonds is 6. The van der Waals surface area contributed by atoms with Crippen molar-refractivity contribution in [3.63, 3.8) is 0 Å². The number of furan rings is 1. The van der Waals surface area contributed by atoms with Gasteiger partial charge in [-0.1, -0.05) is 61.7 Å². The lowest BCUT2D eigenvalue weighted by Gasteiger charge is -2.10. The van der Waals surface area contributed by atoms with E-state index >= 15 is 0 Å². The summed E-state index contributed by atoms with van der Waals surface area (Å²) in [6.07, 6.45) is 1.55. The number of fused-ring (bicyclic) bond motifs is 1.